The van der Waals surface area contributed by atoms with E-state index in [1.54, 1.807) is 53.4 Å². The monoisotopic (exact) mass is 542 g/mol. The van der Waals surface area contributed by atoms with Crippen molar-refractivity contribution in [1.82, 2.24) is 20.1 Å². The number of hydrogen-bond donors (Lipinski definition) is 1. The van der Waals surface area contributed by atoms with E-state index >= 15 is 0 Å². The fraction of sp³-hybridized carbons (Fsp3) is 0.296. The molecule has 1 atom stereocenters. The first kappa shape index (κ1) is 26.9. The third-order valence-corrected chi connectivity index (χ3v) is 6.39. The number of piperazine rings is 1. The van der Waals surface area contributed by atoms with Crippen LogP contribution in [0.1, 0.15) is 15.9 Å². The number of carbonyl (C=O) groups excluding carboxylic acids is 2. The standard InChI is InChI=1S/C27H28Cl2N4O4/c1-32-12-14-33(15-13-32)27(35)24(18-36-17-19-4-2-5-21(29)16-19)31-25(34)23-6-3-11-30-26(23)37-22-9-7-20(28)8-10-22/h2-11,16,24H,12-15,17-18H2,1H3,(H,31,34)/t24-/m1/s1. The van der Waals surface area contributed by atoms with Crippen molar-refractivity contribution in [2.75, 3.05) is 39.8 Å². The number of rotatable bonds is 9. The van der Waals surface area contributed by atoms with Crippen LogP contribution >= 0.6 is 23.2 Å². The molecule has 2 aromatic carbocycles. The summed E-state index contributed by atoms with van der Waals surface area (Å²) in [6.45, 7) is 2.92. The summed E-state index contributed by atoms with van der Waals surface area (Å²) in [6, 6.07) is 16.4. The first-order valence-electron chi connectivity index (χ1n) is 11.9. The second-order valence-corrected chi connectivity index (χ2v) is 9.58. The molecule has 4 rings (SSSR count). The fourth-order valence-electron chi connectivity index (χ4n) is 3.84. The maximum absolute atomic E-state index is 13.4. The number of carbonyl (C=O) groups is 2. The van der Waals surface area contributed by atoms with Gasteiger partial charge in [0.1, 0.15) is 17.4 Å². The number of ether oxygens (including phenoxy) is 2. The van der Waals surface area contributed by atoms with E-state index in [4.69, 9.17) is 32.7 Å². The summed E-state index contributed by atoms with van der Waals surface area (Å²) < 4.78 is 11.7. The number of nitrogens with zero attached hydrogens (tertiary/aromatic N) is 3. The van der Waals surface area contributed by atoms with Crippen molar-refractivity contribution < 1.29 is 19.1 Å². The molecule has 0 bridgehead atoms. The van der Waals surface area contributed by atoms with E-state index in [0.717, 1.165) is 18.7 Å². The highest BCUT2D eigenvalue weighted by atomic mass is 35.5. The van der Waals surface area contributed by atoms with Gasteiger partial charge in [0.2, 0.25) is 11.8 Å². The van der Waals surface area contributed by atoms with Gasteiger partial charge in [-0.15, -0.1) is 0 Å². The van der Waals surface area contributed by atoms with Crippen LogP contribution in [-0.4, -0.2) is 72.5 Å². The first-order valence-corrected chi connectivity index (χ1v) is 12.6. The van der Waals surface area contributed by atoms with Crippen molar-refractivity contribution in [2.45, 2.75) is 12.6 Å². The molecule has 0 aliphatic carbocycles. The number of amides is 2. The van der Waals surface area contributed by atoms with Gasteiger partial charge in [-0.05, 0) is 61.1 Å². The Labute approximate surface area is 226 Å². The molecule has 1 aliphatic rings. The molecule has 8 nitrogen and oxygen atoms in total. The Morgan fingerprint density at radius 2 is 1.76 bits per heavy atom. The van der Waals surface area contributed by atoms with Crippen LogP contribution in [0.15, 0.2) is 66.9 Å². The molecule has 0 radical (unpaired) electrons. The summed E-state index contributed by atoms with van der Waals surface area (Å²) in [6.07, 6.45) is 1.53. The molecular formula is C27H28Cl2N4O4. The van der Waals surface area contributed by atoms with Crippen LogP contribution in [0.3, 0.4) is 0 Å². The van der Waals surface area contributed by atoms with E-state index < -0.39 is 11.9 Å². The molecule has 2 amide bonds. The number of pyridine rings is 1. The van der Waals surface area contributed by atoms with E-state index in [2.05, 4.69) is 15.2 Å². The average molecular weight is 543 g/mol. The second-order valence-electron chi connectivity index (χ2n) is 8.71. The Morgan fingerprint density at radius 1 is 1.00 bits per heavy atom. The SMILES string of the molecule is CN1CCN(C(=O)[C@@H](COCc2cccc(Cl)c2)NC(=O)c2cccnc2Oc2ccc(Cl)cc2)CC1. The van der Waals surface area contributed by atoms with Gasteiger partial charge in [-0.1, -0.05) is 35.3 Å². The summed E-state index contributed by atoms with van der Waals surface area (Å²) >= 11 is 12.0. The molecule has 10 heteroatoms. The Balaban J connectivity index is 1.48. The average Bonchev–Trinajstić information content (AvgIpc) is 2.90. The van der Waals surface area contributed by atoms with Gasteiger partial charge in [0.25, 0.3) is 5.91 Å². The molecule has 0 spiro atoms. The lowest BCUT2D eigenvalue weighted by Gasteiger charge is -2.34. The van der Waals surface area contributed by atoms with E-state index in [0.29, 0.717) is 28.9 Å². The van der Waals surface area contributed by atoms with Crippen molar-refractivity contribution in [3.8, 4) is 11.6 Å². The van der Waals surface area contributed by atoms with Crippen LogP contribution in [0.5, 0.6) is 11.6 Å². The smallest absolute Gasteiger partial charge is 0.257 e. The number of nitrogens with one attached hydrogen (secondary N) is 1. The number of likely N-dealkylation sites (N-methyl/N-ethyl adjacent to an activating group) is 1. The van der Waals surface area contributed by atoms with E-state index in [1.807, 2.05) is 19.2 Å². The third kappa shape index (κ3) is 7.66. The lowest BCUT2D eigenvalue weighted by molar-refractivity contribution is -0.136. The molecule has 1 saturated heterocycles. The van der Waals surface area contributed by atoms with E-state index in [1.165, 1.54) is 6.20 Å². The molecule has 1 fully saturated rings. The molecule has 194 valence electrons. The number of hydrogen-bond acceptors (Lipinski definition) is 6. The number of aromatic nitrogens is 1. The highest BCUT2D eigenvalue weighted by molar-refractivity contribution is 6.30. The quantitative estimate of drug-likeness (QED) is 0.434. The third-order valence-electron chi connectivity index (χ3n) is 5.90. The molecule has 1 aromatic heterocycles. The minimum atomic E-state index is -0.890. The molecule has 2 heterocycles. The van der Waals surface area contributed by atoms with E-state index in [-0.39, 0.29) is 30.6 Å². The second kappa shape index (κ2) is 12.9. The van der Waals surface area contributed by atoms with Crippen molar-refractivity contribution in [3.05, 3.63) is 88.0 Å². The van der Waals surface area contributed by atoms with Crippen LogP contribution < -0.4 is 10.1 Å². The molecule has 0 saturated carbocycles. The van der Waals surface area contributed by atoms with Crippen molar-refractivity contribution in [3.63, 3.8) is 0 Å². The molecular weight excluding hydrogens is 515 g/mol. The Kier molecular flexibility index (Phi) is 9.35. The largest absolute Gasteiger partial charge is 0.438 e. The first-order chi connectivity index (χ1) is 17.9. The van der Waals surface area contributed by atoms with Gasteiger partial charge >= 0.3 is 0 Å². The summed E-state index contributed by atoms with van der Waals surface area (Å²) in [5, 5.41) is 4.00. The molecule has 1 N–H and O–H groups in total. The van der Waals surface area contributed by atoms with Gasteiger partial charge in [0, 0.05) is 42.4 Å². The molecule has 37 heavy (non-hydrogen) atoms. The van der Waals surface area contributed by atoms with Gasteiger partial charge in [-0.2, -0.15) is 0 Å². The maximum Gasteiger partial charge on any atom is 0.257 e. The summed E-state index contributed by atoms with van der Waals surface area (Å²) in [4.78, 5) is 34.9. The molecule has 1 aliphatic heterocycles. The molecule has 3 aromatic rings. The van der Waals surface area contributed by atoms with Gasteiger partial charge in [0.15, 0.2) is 0 Å². The van der Waals surface area contributed by atoms with Gasteiger partial charge < -0.3 is 24.6 Å². The van der Waals surface area contributed by atoms with E-state index in [9.17, 15) is 9.59 Å². The minimum absolute atomic E-state index is 0.00291. The lowest BCUT2D eigenvalue weighted by atomic mass is 10.2. The van der Waals surface area contributed by atoms with Crippen LogP contribution in [-0.2, 0) is 16.1 Å². The normalized spacial score (nSPS) is 14.7. The Hall–Kier alpha value is -3.17. The highest BCUT2D eigenvalue weighted by Crippen LogP contribution is 2.24. The van der Waals surface area contributed by atoms with Crippen molar-refractivity contribution in [2.24, 2.45) is 0 Å². The number of benzene rings is 2. The Morgan fingerprint density at radius 3 is 2.49 bits per heavy atom. The highest BCUT2D eigenvalue weighted by Gasteiger charge is 2.29. The van der Waals surface area contributed by atoms with Crippen molar-refractivity contribution >= 4 is 35.0 Å². The minimum Gasteiger partial charge on any atom is -0.438 e. The zero-order valence-electron chi connectivity index (χ0n) is 20.4. The van der Waals surface area contributed by atoms with Crippen molar-refractivity contribution in [1.29, 1.82) is 0 Å². The predicted octanol–water partition coefficient (Wildman–Crippen LogP) is 4.27. The summed E-state index contributed by atoms with van der Waals surface area (Å²) in [5.41, 5.74) is 1.07. The van der Waals surface area contributed by atoms with Gasteiger partial charge in [-0.25, -0.2) is 4.98 Å². The zero-order valence-corrected chi connectivity index (χ0v) is 21.9. The topological polar surface area (TPSA) is 84.0 Å². The predicted molar refractivity (Wildman–Crippen MR) is 142 cm³/mol. The summed E-state index contributed by atoms with van der Waals surface area (Å²) in [5.74, 6) is -0.0902. The summed E-state index contributed by atoms with van der Waals surface area (Å²) in [7, 11) is 2.01. The van der Waals surface area contributed by atoms with Gasteiger partial charge in [0.05, 0.1) is 13.2 Å². The van der Waals surface area contributed by atoms with Crippen LogP contribution in [0.4, 0.5) is 0 Å². The maximum atomic E-state index is 13.4. The number of halogens is 2. The van der Waals surface area contributed by atoms with Crippen LogP contribution in [0, 0.1) is 0 Å². The zero-order chi connectivity index (χ0) is 26.2. The van der Waals surface area contributed by atoms with Crippen LogP contribution in [0.2, 0.25) is 10.0 Å². The lowest BCUT2D eigenvalue weighted by Crippen LogP contribution is -2.55. The van der Waals surface area contributed by atoms with Gasteiger partial charge in [-0.3, -0.25) is 9.59 Å². The fourth-order valence-corrected chi connectivity index (χ4v) is 4.18. The molecule has 0 unspecified atom stereocenters. The van der Waals surface area contributed by atoms with Crippen LogP contribution in [0.25, 0.3) is 0 Å². The Bertz CT molecular complexity index is 1220.